The molecule has 6 nitrogen and oxygen atoms in total. The number of hydrogen-bond donors (Lipinski definition) is 2. The first-order valence-corrected chi connectivity index (χ1v) is 10.8. The Morgan fingerprint density at radius 2 is 2.07 bits per heavy atom. The summed E-state index contributed by atoms with van der Waals surface area (Å²) < 4.78 is 38.8. The summed E-state index contributed by atoms with van der Waals surface area (Å²) in [5, 5.41) is 13.0. The van der Waals surface area contributed by atoms with Crippen molar-refractivity contribution in [2.75, 3.05) is 13.2 Å². The van der Waals surface area contributed by atoms with Crippen LogP contribution in [0.25, 0.3) is 0 Å². The molecule has 2 N–H and O–H groups in total. The second-order valence-electron chi connectivity index (χ2n) is 6.00. The number of aliphatic hydroxyl groups is 1. The number of nitrogens with one attached hydrogen (secondary N) is 1. The van der Waals surface area contributed by atoms with Crippen LogP contribution in [0.5, 0.6) is 5.75 Å². The highest BCUT2D eigenvalue weighted by Gasteiger charge is 2.37. The lowest BCUT2D eigenvalue weighted by Gasteiger charge is -2.25. The van der Waals surface area contributed by atoms with Crippen molar-refractivity contribution in [2.45, 2.75) is 24.3 Å². The third-order valence-electron chi connectivity index (χ3n) is 4.13. The minimum Gasteiger partial charge on any atom is -0.494 e. The predicted molar refractivity (Wildman–Crippen MR) is 104 cm³/mol. The zero-order valence-corrected chi connectivity index (χ0v) is 16.6. The van der Waals surface area contributed by atoms with Crippen molar-refractivity contribution in [3.05, 3.63) is 70.3 Å². The summed E-state index contributed by atoms with van der Waals surface area (Å²) in [5.74, 6) is 0.914. The van der Waals surface area contributed by atoms with Crippen LogP contribution >= 0.6 is 11.3 Å². The third-order valence-corrected chi connectivity index (χ3v) is 6.55. The first kappa shape index (κ1) is 19.6. The Labute approximate surface area is 162 Å². The summed E-state index contributed by atoms with van der Waals surface area (Å²) in [4.78, 5) is 0.694. The van der Waals surface area contributed by atoms with Gasteiger partial charge in [0, 0.05) is 4.88 Å². The Morgan fingerprint density at radius 1 is 1.26 bits per heavy atom. The van der Waals surface area contributed by atoms with Crippen molar-refractivity contribution in [3.63, 3.8) is 0 Å². The van der Waals surface area contributed by atoms with E-state index in [1.165, 1.54) is 23.7 Å². The van der Waals surface area contributed by atoms with Gasteiger partial charge in [0.15, 0.2) is 5.60 Å². The number of thiophene rings is 1. The van der Waals surface area contributed by atoms with Crippen molar-refractivity contribution < 1.29 is 22.7 Å². The van der Waals surface area contributed by atoms with Gasteiger partial charge in [0.2, 0.25) is 10.0 Å². The summed E-state index contributed by atoms with van der Waals surface area (Å²) >= 11 is 1.32. The highest BCUT2D eigenvalue weighted by molar-refractivity contribution is 7.89. The highest BCUT2D eigenvalue weighted by atomic mass is 32.2. The lowest BCUT2D eigenvalue weighted by Crippen LogP contribution is -2.40. The number of rotatable bonds is 8. The molecule has 3 aromatic rings. The molecule has 0 bridgehead atoms. The van der Waals surface area contributed by atoms with Crippen LogP contribution in [0.1, 0.15) is 23.1 Å². The molecule has 2 aromatic heterocycles. The van der Waals surface area contributed by atoms with Crippen molar-refractivity contribution >= 4 is 21.4 Å². The van der Waals surface area contributed by atoms with E-state index in [0.29, 0.717) is 17.2 Å². The van der Waals surface area contributed by atoms with E-state index >= 15 is 0 Å². The van der Waals surface area contributed by atoms with Crippen molar-refractivity contribution in [3.8, 4) is 5.75 Å². The molecule has 0 aliphatic rings. The van der Waals surface area contributed by atoms with E-state index < -0.39 is 15.6 Å². The molecule has 0 aliphatic heterocycles. The van der Waals surface area contributed by atoms with Crippen LogP contribution in [0.4, 0.5) is 0 Å². The van der Waals surface area contributed by atoms with Gasteiger partial charge in [-0.2, -0.15) is 0 Å². The maximum atomic E-state index is 12.7. The molecule has 0 spiro atoms. The molecule has 1 atom stereocenters. The van der Waals surface area contributed by atoms with Gasteiger partial charge in [0.05, 0.1) is 24.3 Å². The smallest absolute Gasteiger partial charge is 0.240 e. The van der Waals surface area contributed by atoms with Gasteiger partial charge in [-0.25, -0.2) is 13.1 Å². The van der Waals surface area contributed by atoms with E-state index in [9.17, 15) is 13.5 Å². The first-order chi connectivity index (χ1) is 12.9. The largest absolute Gasteiger partial charge is 0.494 e. The van der Waals surface area contributed by atoms with Gasteiger partial charge in [0.1, 0.15) is 11.5 Å². The Kier molecular flexibility index (Phi) is 5.71. The quantitative estimate of drug-likeness (QED) is 0.598. The average molecular weight is 408 g/mol. The third kappa shape index (κ3) is 4.08. The maximum absolute atomic E-state index is 12.7. The van der Waals surface area contributed by atoms with Crippen LogP contribution in [0.3, 0.4) is 0 Å². The summed E-state index contributed by atoms with van der Waals surface area (Å²) in [6, 6.07) is 11.5. The van der Waals surface area contributed by atoms with Crippen LogP contribution in [0.15, 0.2) is 63.4 Å². The molecule has 3 rings (SSSR count). The average Bonchev–Trinajstić information content (AvgIpc) is 3.35. The summed E-state index contributed by atoms with van der Waals surface area (Å²) in [5.41, 5.74) is -0.871. The number of ether oxygens (including phenoxy) is 1. The van der Waals surface area contributed by atoms with E-state index in [1.54, 1.807) is 43.3 Å². The molecule has 1 aromatic carbocycles. The van der Waals surface area contributed by atoms with Gasteiger partial charge in [-0.15, -0.1) is 11.3 Å². The molecule has 27 heavy (non-hydrogen) atoms. The summed E-state index contributed by atoms with van der Waals surface area (Å²) in [6.45, 7) is 3.90. The summed E-state index contributed by atoms with van der Waals surface area (Å²) in [7, 11) is -3.83. The second kappa shape index (κ2) is 7.85. The monoisotopic (exact) mass is 407 g/mol. The van der Waals surface area contributed by atoms with Crippen molar-refractivity contribution in [1.82, 2.24) is 4.72 Å². The lowest BCUT2D eigenvalue weighted by molar-refractivity contribution is 0.0655. The van der Waals surface area contributed by atoms with Crippen LogP contribution in [-0.2, 0) is 15.6 Å². The van der Waals surface area contributed by atoms with Crippen molar-refractivity contribution in [1.29, 1.82) is 0 Å². The normalized spacial score (nSPS) is 14.0. The first-order valence-electron chi connectivity index (χ1n) is 8.40. The van der Waals surface area contributed by atoms with Crippen LogP contribution < -0.4 is 9.46 Å². The highest BCUT2D eigenvalue weighted by Crippen LogP contribution is 2.33. The predicted octanol–water partition coefficient (Wildman–Crippen LogP) is 3.26. The fourth-order valence-electron chi connectivity index (χ4n) is 2.71. The van der Waals surface area contributed by atoms with E-state index in [-0.39, 0.29) is 17.2 Å². The molecule has 0 fully saturated rings. The van der Waals surface area contributed by atoms with Crippen LogP contribution in [-0.4, -0.2) is 26.7 Å². The Hall–Kier alpha value is -2.13. The molecule has 144 valence electrons. The van der Waals surface area contributed by atoms with Crippen molar-refractivity contribution in [2.24, 2.45) is 0 Å². The topological polar surface area (TPSA) is 88.8 Å². The minimum absolute atomic E-state index is 0.108. The van der Waals surface area contributed by atoms with Gasteiger partial charge in [0.25, 0.3) is 0 Å². The zero-order valence-electron chi connectivity index (χ0n) is 15.0. The van der Waals surface area contributed by atoms with E-state index in [0.717, 1.165) is 5.56 Å². The molecule has 0 saturated carbocycles. The Balaban J connectivity index is 1.86. The fourth-order valence-corrected chi connectivity index (χ4v) is 4.69. The van der Waals surface area contributed by atoms with E-state index in [2.05, 4.69) is 4.72 Å². The molecule has 0 amide bonds. The Bertz CT molecular complexity index is 945. The molecule has 0 aliphatic carbocycles. The SMILES string of the molecule is CCOc1ccc(S(=O)(=O)NCC(O)(c2ccco2)c2cccs2)cc1C. The molecule has 8 heteroatoms. The lowest BCUT2D eigenvalue weighted by atomic mass is 9.99. The fraction of sp³-hybridized carbons (Fsp3) is 0.263. The zero-order chi connectivity index (χ0) is 19.5. The van der Waals surface area contributed by atoms with E-state index in [4.69, 9.17) is 9.15 Å². The number of aryl methyl sites for hydroxylation is 1. The van der Waals surface area contributed by atoms with Crippen LogP contribution in [0, 0.1) is 6.92 Å². The molecule has 2 heterocycles. The number of sulfonamides is 1. The Morgan fingerprint density at radius 3 is 2.67 bits per heavy atom. The molecule has 0 radical (unpaired) electrons. The van der Waals surface area contributed by atoms with Gasteiger partial charge < -0.3 is 14.3 Å². The second-order valence-corrected chi connectivity index (χ2v) is 8.71. The number of furan rings is 1. The van der Waals surface area contributed by atoms with Gasteiger partial charge >= 0.3 is 0 Å². The molecular weight excluding hydrogens is 386 g/mol. The van der Waals surface area contributed by atoms with Gasteiger partial charge in [-0.05, 0) is 61.2 Å². The summed E-state index contributed by atoms with van der Waals surface area (Å²) in [6.07, 6.45) is 1.44. The van der Waals surface area contributed by atoms with Gasteiger partial charge in [-0.3, -0.25) is 0 Å². The number of hydrogen-bond acceptors (Lipinski definition) is 6. The van der Waals surface area contributed by atoms with Crippen LogP contribution in [0.2, 0.25) is 0 Å². The van der Waals surface area contributed by atoms with E-state index in [1.807, 2.05) is 12.3 Å². The number of benzene rings is 1. The van der Waals surface area contributed by atoms with Gasteiger partial charge in [-0.1, -0.05) is 6.07 Å². The molecule has 0 saturated heterocycles. The maximum Gasteiger partial charge on any atom is 0.240 e. The molecule has 1 unspecified atom stereocenters. The molecular formula is C19H21NO5S2. The minimum atomic E-state index is -3.83. The standard InChI is InChI=1S/C19H21NO5S2/c1-3-24-16-9-8-15(12-14(16)2)27(22,23)20-13-19(21,17-6-4-10-25-17)18-7-5-11-26-18/h4-12,20-21H,3,13H2,1-2H3.